The molecule has 1 aromatic heterocycles. The molecule has 0 aliphatic rings. The normalized spacial score (nSPS) is 11.5. The predicted octanol–water partition coefficient (Wildman–Crippen LogP) is 1.42. The van der Waals surface area contributed by atoms with E-state index in [9.17, 15) is 0 Å². The van der Waals surface area contributed by atoms with Crippen molar-refractivity contribution < 1.29 is 0 Å². The molecule has 0 fully saturated rings. The third kappa shape index (κ3) is 2.30. The van der Waals surface area contributed by atoms with E-state index in [0.29, 0.717) is 12.0 Å². The Morgan fingerprint density at radius 1 is 1.67 bits per heavy atom. The Morgan fingerprint density at radius 3 is 2.87 bits per heavy atom. The van der Waals surface area contributed by atoms with Crippen molar-refractivity contribution in [2.75, 3.05) is 5.32 Å². The predicted molar refractivity (Wildman–Crippen MR) is 59.2 cm³/mol. The average Bonchev–Trinajstić information content (AvgIpc) is 2.42. The van der Waals surface area contributed by atoms with Crippen molar-refractivity contribution >= 4 is 5.82 Å². The molecule has 1 aromatic rings. The van der Waals surface area contributed by atoms with Gasteiger partial charge in [0.2, 0.25) is 0 Å². The summed E-state index contributed by atoms with van der Waals surface area (Å²) in [4.78, 5) is 0. The van der Waals surface area contributed by atoms with Gasteiger partial charge in [-0.15, -0.1) is 12.3 Å². The van der Waals surface area contributed by atoms with Crippen molar-refractivity contribution in [3.8, 4) is 18.4 Å². The zero-order chi connectivity index (χ0) is 11.4. The fraction of sp³-hybridized carbons (Fsp3) is 0.455. The Balaban J connectivity index is 2.95. The molecule has 1 N–H and O–H groups in total. The number of aromatic nitrogens is 2. The highest BCUT2D eigenvalue weighted by atomic mass is 15.3. The molecule has 0 aromatic carbocycles. The summed E-state index contributed by atoms with van der Waals surface area (Å²) in [6.45, 7) is 3.79. The van der Waals surface area contributed by atoms with E-state index in [0.717, 1.165) is 11.5 Å². The van der Waals surface area contributed by atoms with Gasteiger partial charge in [-0.05, 0) is 13.8 Å². The van der Waals surface area contributed by atoms with E-state index in [4.69, 9.17) is 11.7 Å². The quantitative estimate of drug-likeness (QED) is 0.754. The highest BCUT2D eigenvalue weighted by Gasteiger charge is 2.13. The lowest BCUT2D eigenvalue weighted by Crippen LogP contribution is -2.17. The van der Waals surface area contributed by atoms with Crippen LogP contribution in [0.15, 0.2) is 0 Å². The second-order valence-electron chi connectivity index (χ2n) is 3.50. The first-order chi connectivity index (χ1) is 7.10. The van der Waals surface area contributed by atoms with Crippen LogP contribution in [0.4, 0.5) is 5.82 Å². The van der Waals surface area contributed by atoms with Gasteiger partial charge in [-0.3, -0.25) is 4.68 Å². The van der Waals surface area contributed by atoms with E-state index in [-0.39, 0.29) is 6.04 Å². The number of hydrogen-bond acceptors (Lipinski definition) is 3. The Kier molecular flexibility index (Phi) is 3.36. The minimum atomic E-state index is 0.136. The van der Waals surface area contributed by atoms with Crippen LogP contribution in [0.25, 0.3) is 0 Å². The maximum absolute atomic E-state index is 8.97. The standard InChI is InChI=1S/C11H14N4/c1-5-6-8(2)13-11-10(7-12)9(3)14-15(11)4/h1,8,13H,6H2,2-4H3. The van der Waals surface area contributed by atoms with Crippen LogP contribution in [0.1, 0.15) is 24.6 Å². The monoisotopic (exact) mass is 202 g/mol. The highest BCUT2D eigenvalue weighted by Crippen LogP contribution is 2.18. The number of nitrogens with zero attached hydrogens (tertiary/aromatic N) is 3. The highest BCUT2D eigenvalue weighted by molar-refractivity contribution is 5.55. The Hall–Kier alpha value is -1.94. The van der Waals surface area contributed by atoms with Crippen molar-refractivity contribution in [3.05, 3.63) is 11.3 Å². The number of terminal acetylenes is 1. The minimum Gasteiger partial charge on any atom is -0.366 e. The van der Waals surface area contributed by atoms with E-state index in [1.807, 2.05) is 13.8 Å². The Bertz CT molecular complexity index is 431. The number of nitrogens with one attached hydrogen (secondary N) is 1. The summed E-state index contributed by atoms with van der Waals surface area (Å²) in [5.74, 6) is 3.31. The Morgan fingerprint density at radius 2 is 2.33 bits per heavy atom. The molecule has 1 heterocycles. The van der Waals surface area contributed by atoms with Gasteiger partial charge in [0.05, 0.1) is 5.69 Å². The van der Waals surface area contributed by atoms with Gasteiger partial charge in [-0.1, -0.05) is 0 Å². The molecule has 0 amide bonds. The van der Waals surface area contributed by atoms with Crippen molar-refractivity contribution in [1.29, 1.82) is 5.26 Å². The van der Waals surface area contributed by atoms with Crippen LogP contribution in [0.2, 0.25) is 0 Å². The molecule has 15 heavy (non-hydrogen) atoms. The Labute approximate surface area is 89.9 Å². The van der Waals surface area contributed by atoms with Gasteiger partial charge in [0, 0.05) is 19.5 Å². The molecular weight excluding hydrogens is 188 g/mol. The van der Waals surface area contributed by atoms with Crippen molar-refractivity contribution in [1.82, 2.24) is 9.78 Å². The van der Waals surface area contributed by atoms with Crippen LogP contribution < -0.4 is 5.32 Å². The summed E-state index contributed by atoms with van der Waals surface area (Å²) in [5, 5.41) is 16.3. The summed E-state index contributed by atoms with van der Waals surface area (Å²) < 4.78 is 1.67. The number of hydrogen-bond donors (Lipinski definition) is 1. The topological polar surface area (TPSA) is 53.6 Å². The van der Waals surface area contributed by atoms with Crippen molar-refractivity contribution in [2.45, 2.75) is 26.3 Å². The fourth-order valence-electron chi connectivity index (χ4n) is 1.42. The van der Waals surface area contributed by atoms with Gasteiger partial charge in [-0.2, -0.15) is 10.4 Å². The van der Waals surface area contributed by atoms with E-state index < -0.39 is 0 Å². The third-order valence-electron chi connectivity index (χ3n) is 2.14. The third-order valence-corrected chi connectivity index (χ3v) is 2.14. The minimum absolute atomic E-state index is 0.136. The van der Waals surface area contributed by atoms with Gasteiger partial charge in [0.25, 0.3) is 0 Å². The zero-order valence-corrected chi connectivity index (χ0v) is 9.20. The average molecular weight is 202 g/mol. The summed E-state index contributed by atoms with van der Waals surface area (Å²) in [5.41, 5.74) is 1.32. The number of aryl methyl sites for hydroxylation is 2. The van der Waals surface area contributed by atoms with Crippen LogP contribution in [0, 0.1) is 30.6 Å². The summed E-state index contributed by atoms with van der Waals surface area (Å²) in [6, 6.07) is 2.27. The summed E-state index contributed by atoms with van der Waals surface area (Å²) in [7, 11) is 1.80. The lowest BCUT2D eigenvalue weighted by atomic mass is 10.2. The van der Waals surface area contributed by atoms with Crippen LogP contribution in [0.3, 0.4) is 0 Å². The van der Waals surface area contributed by atoms with E-state index >= 15 is 0 Å². The molecule has 1 rings (SSSR count). The second kappa shape index (κ2) is 4.52. The molecule has 1 atom stereocenters. The van der Waals surface area contributed by atoms with Crippen LogP contribution in [-0.4, -0.2) is 15.8 Å². The molecular formula is C11H14N4. The van der Waals surface area contributed by atoms with Gasteiger partial charge >= 0.3 is 0 Å². The maximum atomic E-state index is 8.97. The van der Waals surface area contributed by atoms with Crippen LogP contribution in [-0.2, 0) is 7.05 Å². The number of anilines is 1. The molecule has 4 nitrogen and oxygen atoms in total. The van der Waals surface area contributed by atoms with Gasteiger partial charge in [0.15, 0.2) is 0 Å². The van der Waals surface area contributed by atoms with Gasteiger partial charge in [0.1, 0.15) is 17.5 Å². The van der Waals surface area contributed by atoms with Crippen molar-refractivity contribution in [2.24, 2.45) is 7.05 Å². The first-order valence-electron chi connectivity index (χ1n) is 4.73. The molecule has 78 valence electrons. The van der Waals surface area contributed by atoms with Crippen LogP contribution >= 0.6 is 0 Å². The lowest BCUT2D eigenvalue weighted by Gasteiger charge is -2.12. The molecule has 0 saturated heterocycles. The number of nitriles is 1. The van der Waals surface area contributed by atoms with E-state index in [1.54, 1.807) is 11.7 Å². The van der Waals surface area contributed by atoms with Crippen LogP contribution in [0.5, 0.6) is 0 Å². The molecule has 0 aliphatic carbocycles. The van der Waals surface area contributed by atoms with Crippen molar-refractivity contribution in [3.63, 3.8) is 0 Å². The zero-order valence-electron chi connectivity index (χ0n) is 9.20. The molecule has 0 bridgehead atoms. The molecule has 4 heteroatoms. The molecule has 1 unspecified atom stereocenters. The maximum Gasteiger partial charge on any atom is 0.142 e. The first-order valence-corrected chi connectivity index (χ1v) is 4.73. The summed E-state index contributed by atoms with van der Waals surface area (Å²) in [6.07, 6.45) is 5.84. The summed E-state index contributed by atoms with van der Waals surface area (Å²) >= 11 is 0. The fourth-order valence-corrected chi connectivity index (χ4v) is 1.42. The SMILES string of the molecule is C#CCC(C)Nc1c(C#N)c(C)nn1C. The van der Waals surface area contributed by atoms with Gasteiger partial charge < -0.3 is 5.32 Å². The molecule has 0 radical (unpaired) electrons. The first kappa shape index (κ1) is 11.1. The molecule has 0 aliphatic heterocycles. The lowest BCUT2D eigenvalue weighted by molar-refractivity contribution is 0.734. The smallest absolute Gasteiger partial charge is 0.142 e. The number of rotatable bonds is 3. The second-order valence-corrected chi connectivity index (χ2v) is 3.50. The van der Waals surface area contributed by atoms with E-state index in [2.05, 4.69) is 22.4 Å². The van der Waals surface area contributed by atoms with Gasteiger partial charge in [-0.25, -0.2) is 0 Å². The largest absolute Gasteiger partial charge is 0.366 e. The van der Waals surface area contributed by atoms with E-state index in [1.165, 1.54) is 0 Å². The molecule has 0 spiro atoms. The molecule has 0 saturated carbocycles.